The summed E-state index contributed by atoms with van der Waals surface area (Å²) in [7, 11) is 0. The zero-order chi connectivity index (χ0) is 14.5. The van der Waals surface area contributed by atoms with E-state index in [-0.39, 0.29) is 0 Å². The number of hydrogen-bond donors (Lipinski definition) is 2. The Morgan fingerprint density at radius 1 is 1.25 bits per heavy atom. The van der Waals surface area contributed by atoms with Crippen LogP contribution in [0, 0.1) is 6.92 Å². The Morgan fingerprint density at radius 3 is 2.65 bits per heavy atom. The monoisotopic (exact) mass is 348 g/mol. The Bertz CT molecular complexity index is 626. The van der Waals surface area contributed by atoms with Crippen molar-refractivity contribution in [2.75, 3.05) is 11.9 Å². The molecule has 0 radical (unpaired) electrons. The molecule has 20 heavy (non-hydrogen) atoms. The second-order valence-electron chi connectivity index (χ2n) is 4.66. The quantitative estimate of drug-likeness (QED) is 0.800. The zero-order valence-electron chi connectivity index (χ0n) is 11.3. The molecule has 0 saturated heterocycles. The average Bonchev–Trinajstić information content (AvgIpc) is 2.40. The van der Waals surface area contributed by atoms with E-state index in [2.05, 4.69) is 52.4 Å². The molecule has 4 heteroatoms. The van der Waals surface area contributed by atoms with Gasteiger partial charge in [0.25, 0.3) is 0 Å². The topological polar surface area (TPSA) is 38.0 Å². The SMILES string of the molecule is Cc1ccccc1CCNc1ccc(C(N)=S)c(Br)c1. The number of aryl methyl sites for hydroxylation is 1. The number of anilines is 1. The van der Waals surface area contributed by atoms with Gasteiger partial charge in [-0.05, 0) is 58.6 Å². The maximum absolute atomic E-state index is 5.64. The first-order chi connectivity index (χ1) is 9.58. The normalized spacial score (nSPS) is 10.3. The summed E-state index contributed by atoms with van der Waals surface area (Å²) < 4.78 is 0.922. The highest BCUT2D eigenvalue weighted by molar-refractivity contribution is 9.10. The Hall–Kier alpha value is -1.39. The van der Waals surface area contributed by atoms with E-state index in [0.717, 1.165) is 28.7 Å². The molecule has 0 aliphatic rings. The molecule has 0 atom stereocenters. The van der Waals surface area contributed by atoms with Crippen LogP contribution in [0.1, 0.15) is 16.7 Å². The van der Waals surface area contributed by atoms with Crippen molar-refractivity contribution in [1.82, 2.24) is 0 Å². The largest absolute Gasteiger partial charge is 0.389 e. The van der Waals surface area contributed by atoms with Gasteiger partial charge in [-0.25, -0.2) is 0 Å². The first kappa shape index (κ1) is 15.0. The summed E-state index contributed by atoms with van der Waals surface area (Å²) in [5.41, 5.74) is 10.3. The molecule has 0 aliphatic heterocycles. The number of hydrogen-bond acceptors (Lipinski definition) is 2. The number of benzene rings is 2. The minimum atomic E-state index is 0.406. The van der Waals surface area contributed by atoms with Gasteiger partial charge in [0.1, 0.15) is 4.99 Å². The van der Waals surface area contributed by atoms with Crippen LogP contribution >= 0.6 is 28.1 Å². The molecule has 0 amide bonds. The van der Waals surface area contributed by atoms with Crippen LogP contribution in [0.2, 0.25) is 0 Å². The summed E-state index contributed by atoms with van der Waals surface area (Å²) >= 11 is 8.47. The highest BCUT2D eigenvalue weighted by atomic mass is 79.9. The molecule has 0 aliphatic carbocycles. The molecular weight excluding hydrogens is 332 g/mol. The summed E-state index contributed by atoms with van der Waals surface area (Å²) in [5.74, 6) is 0. The molecule has 0 saturated carbocycles. The molecule has 0 fully saturated rings. The van der Waals surface area contributed by atoms with E-state index in [1.807, 2.05) is 18.2 Å². The molecule has 2 rings (SSSR count). The molecule has 0 bridgehead atoms. The minimum absolute atomic E-state index is 0.406. The summed E-state index contributed by atoms with van der Waals surface area (Å²) in [6.45, 7) is 3.03. The van der Waals surface area contributed by atoms with Crippen molar-refractivity contribution in [2.45, 2.75) is 13.3 Å². The lowest BCUT2D eigenvalue weighted by Crippen LogP contribution is -2.11. The maximum Gasteiger partial charge on any atom is 0.105 e. The van der Waals surface area contributed by atoms with E-state index in [0.29, 0.717) is 4.99 Å². The van der Waals surface area contributed by atoms with Gasteiger partial charge in [-0.15, -0.1) is 0 Å². The van der Waals surface area contributed by atoms with Gasteiger partial charge in [-0.1, -0.05) is 36.5 Å². The average molecular weight is 349 g/mol. The molecule has 2 nitrogen and oxygen atoms in total. The fourth-order valence-electron chi connectivity index (χ4n) is 2.06. The zero-order valence-corrected chi connectivity index (χ0v) is 13.7. The first-order valence-corrected chi connectivity index (χ1v) is 7.66. The van der Waals surface area contributed by atoms with Crippen LogP contribution < -0.4 is 11.1 Å². The molecular formula is C16H17BrN2S. The second kappa shape index (κ2) is 6.86. The van der Waals surface area contributed by atoms with Crippen molar-refractivity contribution in [3.63, 3.8) is 0 Å². The molecule has 0 heterocycles. The first-order valence-electron chi connectivity index (χ1n) is 6.45. The number of halogens is 1. The maximum atomic E-state index is 5.64. The number of rotatable bonds is 5. The van der Waals surface area contributed by atoms with Gasteiger partial charge in [0, 0.05) is 22.3 Å². The Balaban J connectivity index is 1.97. The summed E-state index contributed by atoms with van der Waals surface area (Å²) in [4.78, 5) is 0.406. The predicted octanol–water partition coefficient (Wildman–Crippen LogP) is 4.05. The van der Waals surface area contributed by atoms with Crippen LogP contribution in [0.3, 0.4) is 0 Å². The van der Waals surface area contributed by atoms with Crippen LogP contribution in [-0.2, 0) is 6.42 Å². The van der Waals surface area contributed by atoms with E-state index >= 15 is 0 Å². The minimum Gasteiger partial charge on any atom is -0.389 e. The summed E-state index contributed by atoms with van der Waals surface area (Å²) in [6, 6.07) is 14.4. The second-order valence-corrected chi connectivity index (χ2v) is 5.96. The smallest absolute Gasteiger partial charge is 0.105 e. The van der Waals surface area contributed by atoms with Gasteiger partial charge in [0.15, 0.2) is 0 Å². The molecule has 0 unspecified atom stereocenters. The van der Waals surface area contributed by atoms with Gasteiger partial charge in [0.05, 0.1) is 0 Å². The molecule has 0 aromatic heterocycles. The third-order valence-corrected chi connectivity index (χ3v) is 4.10. The molecule has 2 aromatic rings. The van der Waals surface area contributed by atoms with Crippen LogP contribution in [0.4, 0.5) is 5.69 Å². The van der Waals surface area contributed by atoms with Gasteiger partial charge < -0.3 is 11.1 Å². The van der Waals surface area contributed by atoms with E-state index in [1.165, 1.54) is 11.1 Å². The summed E-state index contributed by atoms with van der Waals surface area (Å²) in [6.07, 6.45) is 1.00. The third kappa shape index (κ3) is 3.81. The van der Waals surface area contributed by atoms with E-state index < -0.39 is 0 Å². The summed E-state index contributed by atoms with van der Waals surface area (Å²) in [5, 5.41) is 3.41. The fourth-order valence-corrected chi connectivity index (χ4v) is 2.96. The van der Waals surface area contributed by atoms with Crippen molar-refractivity contribution >= 4 is 38.8 Å². The lowest BCUT2D eigenvalue weighted by molar-refractivity contribution is 1.00. The van der Waals surface area contributed by atoms with E-state index in [9.17, 15) is 0 Å². The lowest BCUT2D eigenvalue weighted by Gasteiger charge is -2.10. The van der Waals surface area contributed by atoms with Gasteiger partial charge in [0.2, 0.25) is 0 Å². The Morgan fingerprint density at radius 2 is 2.00 bits per heavy atom. The standard InChI is InChI=1S/C16H17BrN2S/c1-11-4-2-3-5-12(11)8-9-19-13-6-7-14(16(18)20)15(17)10-13/h2-7,10,19H,8-9H2,1H3,(H2,18,20). The van der Waals surface area contributed by atoms with Crippen LogP contribution in [0.5, 0.6) is 0 Å². The van der Waals surface area contributed by atoms with Crippen molar-refractivity contribution in [3.8, 4) is 0 Å². The Labute approximate surface area is 133 Å². The molecule has 104 valence electrons. The fraction of sp³-hybridized carbons (Fsp3) is 0.188. The third-order valence-electron chi connectivity index (χ3n) is 3.22. The van der Waals surface area contributed by atoms with Crippen molar-refractivity contribution in [3.05, 3.63) is 63.6 Å². The van der Waals surface area contributed by atoms with E-state index in [4.69, 9.17) is 18.0 Å². The van der Waals surface area contributed by atoms with Crippen LogP contribution in [0.15, 0.2) is 46.9 Å². The Kier molecular flexibility index (Phi) is 5.15. The van der Waals surface area contributed by atoms with Crippen molar-refractivity contribution < 1.29 is 0 Å². The number of nitrogens with two attached hydrogens (primary N) is 1. The number of thiocarbonyl (C=S) groups is 1. The highest BCUT2D eigenvalue weighted by Gasteiger charge is 2.04. The molecule has 2 aromatic carbocycles. The number of nitrogens with one attached hydrogen (secondary N) is 1. The van der Waals surface area contributed by atoms with Crippen LogP contribution in [-0.4, -0.2) is 11.5 Å². The van der Waals surface area contributed by atoms with Crippen LogP contribution in [0.25, 0.3) is 0 Å². The predicted molar refractivity (Wildman–Crippen MR) is 93.4 cm³/mol. The van der Waals surface area contributed by atoms with E-state index in [1.54, 1.807) is 0 Å². The molecule has 0 spiro atoms. The highest BCUT2D eigenvalue weighted by Crippen LogP contribution is 2.21. The van der Waals surface area contributed by atoms with Gasteiger partial charge in [-0.3, -0.25) is 0 Å². The van der Waals surface area contributed by atoms with Crippen molar-refractivity contribution in [1.29, 1.82) is 0 Å². The molecule has 3 N–H and O–H groups in total. The van der Waals surface area contributed by atoms with Gasteiger partial charge in [-0.2, -0.15) is 0 Å². The lowest BCUT2D eigenvalue weighted by atomic mass is 10.1. The van der Waals surface area contributed by atoms with Gasteiger partial charge >= 0.3 is 0 Å². The van der Waals surface area contributed by atoms with Crippen molar-refractivity contribution in [2.24, 2.45) is 5.73 Å².